The largest absolute Gasteiger partial charge is 0.465 e. The first-order chi connectivity index (χ1) is 16.2. The lowest BCUT2D eigenvalue weighted by Crippen LogP contribution is -2.34. The van der Waals surface area contributed by atoms with E-state index in [1.54, 1.807) is 12.4 Å². The second-order valence-corrected chi connectivity index (χ2v) is 8.84. The van der Waals surface area contributed by atoms with E-state index < -0.39 is 0 Å². The highest BCUT2D eigenvalue weighted by molar-refractivity contribution is 5.70. The summed E-state index contributed by atoms with van der Waals surface area (Å²) in [6.45, 7) is 7.18. The van der Waals surface area contributed by atoms with Crippen molar-refractivity contribution in [3.63, 3.8) is 0 Å². The number of rotatable bonds is 6. The maximum Gasteiger partial charge on any atom is 0.159 e. The first kappa shape index (κ1) is 21.5. The maximum atomic E-state index is 5.99. The molecule has 0 saturated carbocycles. The Hall–Kier alpha value is -3.31. The number of hydrogen-bond acceptors (Lipinski definition) is 5. The van der Waals surface area contributed by atoms with Crippen molar-refractivity contribution < 1.29 is 4.42 Å². The van der Waals surface area contributed by atoms with Gasteiger partial charge in [-0.3, -0.25) is 9.88 Å². The monoisotopic (exact) mass is 438 g/mol. The third kappa shape index (κ3) is 4.74. The molecule has 5 nitrogen and oxygen atoms in total. The summed E-state index contributed by atoms with van der Waals surface area (Å²) in [5.41, 5.74) is 5.74. The zero-order valence-electron chi connectivity index (χ0n) is 19.4. The Morgan fingerprint density at radius 3 is 2.61 bits per heavy atom. The van der Waals surface area contributed by atoms with Gasteiger partial charge >= 0.3 is 0 Å². The van der Waals surface area contributed by atoms with E-state index in [-0.39, 0.29) is 0 Å². The number of benzene rings is 1. The third-order valence-corrected chi connectivity index (χ3v) is 6.53. The van der Waals surface area contributed by atoms with Crippen molar-refractivity contribution in [3.05, 3.63) is 89.9 Å². The Labute approximate surface area is 195 Å². The van der Waals surface area contributed by atoms with E-state index in [2.05, 4.69) is 60.1 Å². The van der Waals surface area contributed by atoms with E-state index in [9.17, 15) is 0 Å². The minimum atomic E-state index is 0.345. The number of nitrogens with zero attached hydrogens (tertiary/aromatic N) is 4. The van der Waals surface area contributed by atoms with E-state index in [1.165, 1.54) is 11.1 Å². The summed E-state index contributed by atoms with van der Waals surface area (Å²) >= 11 is 0. The van der Waals surface area contributed by atoms with Crippen LogP contribution in [0.25, 0.3) is 22.5 Å². The summed E-state index contributed by atoms with van der Waals surface area (Å²) in [5, 5.41) is 0. The fourth-order valence-corrected chi connectivity index (χ4v) is 4.77. The molecule has 1 atom stereocenters. The summed E-state index contributed by atoms with van der Waals surface area (Å²) in [7, 11) is 0. The minimum absolute atomic E-state index is 0.345. The van der Waals surface area contributed by atoms with Gasteiger partial charge in [-0.05, 0) is 61.7 Å². The smallest absolute Gasteiger partial charge is 0.159 e. The Kier molecular flexibility index (Phi) is 6.31. The van der Waals surface area contributed by atoms with Gasteiger partial charge in [0.15, 0.2) is 5.82 Å². The lowest BCUT2D eigenvalue weighted by atomic mass is 9.88. The molecule has 3 aromatic heterocycles. The first-order valence-electron chi connectivity index (χ1n) is 11.8. The van der Waals surface area contributed by atoms with Crippen LogP contribution in [0.2, 0.25) is 0 Å². The molecular weight excluding hydrogens is 408 g/mol. The molecule has 1 aromatic carbocycles. The molecule has 1 saturated heterocycles. The van der Waals surface area contributed by atoms with Crippen LogP contribution < -0.4 is 0 Å². The molecule has 1 fully saturated rings. The quantitative estimate of drug-likeness (QED) is 0.367. The molecule has 5 heteroatoms. The van der Waals surface area contributed by atoms with Gasteiger partial charge in [-0.25, -0.2) is 9.97 Å². The van der Waals surface area contributed by atoms with E-state index >= 15 is 0 Å². The van der Waals surface area contributed by atoms with Crippen LogP contribution in [-0.4, -0.2) is 32.9 Å². The Morgan fingerprint density at radius 2 is 1.82 bits per heavy atom. The molecule has 1 aliphatic rings. The predicted octanol–water partition coefficient (Wildman–Crippen LogP) is 6.05. The SMILES string of the molecule is CCc1ccc(CN2CCCC(c3nc(-c4ccncc4)ncc3-c3ccccc3C)C2)o1. The van der Waals surface area contributed by atoms with Crippen molar-refractivity contribution in [2.45, 2.75) is 45.6 Å². The van der Waals surface area contributed by atoms with Gasteiger partial charge in [0.25, 0.3) is 0 Å². The number of aromatic nitrogens is 3. The van der Waals surface area contributed by atoms with Gasteiger partial charge in [0.1, 0.15) is 11.5 Å². The number of aryl methyl sites for hydroxylation is 2. The van der Waals surface area contributed by atoms with Crippen LogP contribution in [0.5, 0.6) is 0 Å². The summed E-state index contributed by atoms with van der Waals surface area (Å²) in [4.78, 5) is 16.6. The van der Waals surface area contributed by atoms with Gasteiger partial charge < -0.3 is 4.42 Å². The molecule has 0 N–H and O–H groups in total. The van der Waals surface area contributed by atoms with Crippen LogP contribution in [0.1, 0.15) is 48.5 Å². The third-order valence-electron chi connectivity index (χ3n) is 6.53. The Balaban J connectivity index is 1.49. The van der Waals surface area contributed by atoms with Crippen LogP contribution >= 0.6 is 0 Å². The summed E-state index contributed by atoms with van der Waals surface area (Å²) in [6, 6.07) is 16.7. The summed E-state index contributed by atoms with van der Waals surface area (Å²) in [5.74, 6) is 3.21. The average Bonchev–Trinajstić information content (AvgIpc) is 3.32. The molecule has 33 heavy (non-hydrogen) atoms. The van der Waals surface area contributed by atoms with Crippen LogP contribution in [0, 0.1) is 6.92 Å². The number of likely N-dealkylation sites (tertiary alicyclic amines) is 1. The number of furan rings is 1. The normalized spacial score (nSPS) is 16.7. The molecule has 1 aliphatic heterocycles. The molecule has 4 heterocycles. The fraction of sp³-hybridized carbons (Fsp3) is 0.321. The average molecular weight is 439 g/mol. The second kappa shape index (κ2) is 9.67. The van der Waals surface area contributed by atoms with Crippen LogP contribution in [0.4, 0.5) is 0 Å². The molecule has 4 aromatic rings. The molecule has 0 spiro atoms. The highest BCUT2D eigenvalue weighted by Crippen LogP contribution is 2.35. The zero-order chi connectivity index (χ0) is 22.6. The number of hydrogen-bond donors (Lipinski definition) is 0. The lowest BCUT2D eigenvalue weighted by molar-refractivity contribution is 0.184. The lowest BCUT2D eigenvalue weighted by Gasteiger charge is -2.33. The molecule has 5 rings (SSSR count). The van der Waals surface area contributed by atoms with E-state index in [4.69, 9.17) is 14.4 Å². The molecular formula is C28H30N4O. The van der Waals surface area contributed by atoms with Gasteiger partial charge in [0, 0.05) is 48.6 Å². The highest BCUT2D eigenvalue weighted by Gasteiger charge is 2.27. The van der Waals surface area contributed by atoms with E-state index in [0.717, 1.165) is 73.1 Å². The topological polar surface area (TPSA) is 55.1 Å². The van der Waals surface area contributed by atoms with Gasteiger partial charge in [-0.15, -0.1) is 0 Å². The van der Waals surface area contributed by atoms with Crippen molar-refractivity contribution in [1.82, 2.24) is 19.9 Å². The molecule has 0 amide bonds. The molecule has 0 aliphatic carbocycles. The standard InChI is InChI=1S/C28H30N4O/c1-3-23-10-11-24(33-23)19-32-16-6-8-22(18-32)27-26(25-9-5-4-7-20(25)2)17-30-28(31-27)21-12-14-29-15-13-21/h4-5,7,9-15,17,22H,3,6,8,16,18-19H2,1-2H3. The van der Waals surface area contributed by atoms with Crippen LogP contribution in [0.3, 0.4) is 0 Å². The number of pyridine rings is 1. The van der Waals surface area contributed by atoms with E-state index in [1.807, 2.05) is 18.3 Å². The molecule has 0 radical (unpaired) electrons. The van der Waals surface area contributed by atoms with Crippen LogP contribution in [-0.2, 0) is 13.0 Å². The first-order valence-corrected chi connectivity index (χ1v) is 11.8. The minimum Gasteiger partial charge on any atom is -0.465 e. The molecule has 0 bridgehead atoms. The van der Waals surface area contributed by atoms with Gasteiger partial charge in [-0.2, -0.15) is 0 Å². The highest BCUT2D eigenvalue weighted by atomic mass is 16.3. The van der Waals surface area contributed by atoms with Gasteiger partial charge in [0.2, 0.25) is 0 Å². The summed E-state index contributed by atoms with van der Waals surface area (Å²) in [6.07, 6.45) is 8.81. The van der Waals surface area contributed by atoms with Crippen molar-refractivity contribution >= 4 is 0 Å². The zero-order valence-corrected chi connectivity index (χ0v) is 19.4. The molecule has 168 valence electrons. The van der Waals surface area contributed by atoms with Crippen molar-refractivity contribution in [2.24, 2.45) is 0 Å². The Morgan fingerprint density at radius 1 is 1.00 bits per heavy atom. The maximum absolute atomic E-state index is 5.99. The van der Waals surface area contributed by atoms with E-state index in [0.29, 0.717) is 5.92 Å². The van der Waals surface area contributed by atoms with Crippen molar-refractivity contribution in [3.8, 4) is 22.5 Å². The number of piperidine rings is 1. The van der Waals surface area contributed by atoms with Crippen molar-refractivity contribution in [2.75, 3.05) is 13.1 Å². The van der Waals surface area contributed by atoms with Gasteiger partial charge in [0.05, 0.1) is 12.2 Å². The van der Waals surface area contributed by atoms with Crippen LogP contribution in [0.15, 0.2) is 71.5 Å². The fourth-order valence-electron chi connectivity index (χ4n) is 4.77. The summed E-state index contributed by atoms with van der Waals surface area (Å²) < 4.78 is 5.99. The van der Waals surface area contributed by atoms with Gasteiger partial charge in [-0.1, -0.05) is 31.2 Å². The Bertz CT molecular complexity index is 1220. The molecule has 1 unspecified atom stereocenters. The second-order valence-electron chi connectivity index (χ2n) is 8.84. The predicted molar refractivity (Wildman–Crippen MR) is 131 cm³/mol. The van der Waals surface area contributed by atoms with Crippen molar-refractivity contribution in [1.29, 1.82) is 0 Å².